The molecule has 7 heteroatoms. The minimum absolute atomic E-state index is 0.237. The Morgan fingerprint density at radius 1 is 1.20 bits per heavy atom. The van der Waals surface area contributed by atoms with Crippen molar-refractivity contribution < 1.29 is 4.52 Å². The maximum atomic E-state index is 6.23. The minimum atomic E-state index is 0.237. The zero-order valence-electron chi connectivity index (χ0n) is 10.4. The van der Waals surface area contributed by atoms with E-state index in [2.05, 4.69) is 10.1 Å². The molecule has 2 heterocycles. The third kappa shape index (κ3) is 2.18. The van der Waals surface area contributed by atoms with Crippen LogP contribution in [0.15, 0.2) is 28.1 Å². The molecule has 0 fully saturated rings. The van der Waals surface area contributed by atoms with Crippen LogP contribution in [0.4, 0.5) is 5.82 Å². The van der Waals surface area contributed by atoms with E-state index < -0.39 is 0 Å². The van der Waals surface area contributed by atoms with E-state index >= 15 is 0 Å². The summed E-state index contributed by atoms with van der Waals surface area (Å²) in [4.78, 5) is 4.38. The molecule has 1 aromatic carbocycles. The molecular formula is C13H9Cl2N3OS. The molecule has 102 valence electrons. The molecule has 3 rings (SSSR count). The highest BCUT2D eigenvalue weighted by molar-refractivity contribution is 7.09. The maximum Gasteiger partial charge on any atom is 0.196 e. The van der Waals surface area contributed by atoms with Crippen LogP contribution in [0.5, 0.6) is 0 Å². The van der Waals surface area contributed by atoms with E-state index in [1.807, 2.05) is 12.3 Å². The second-order valence-corrected chi connectivity index (χ2v) is 6.00. The number of benzene rings is 1. The molecule has 0 radical (unpaired) electrons. The average Bonchev–Trinajstić information content (AvgIpc) is 2.97. The number of anilines is 1. The molecule has 2 N–H and O–H groups in total. The smallest absolute Gasteiger partial charge is 0.196 e. The van der Waals surface area contributed by atoms with Gasteiger partial charge in [0.15, 0.2) is 11.6 Å². The fourth-order valence-electron chi connectivity index (χ4n) is 1.92. The van der Waals surface area contributed by atoms with Gasteiger partial charge in [0.2, 0.25) is 0 Å². The number of halogens is 2. The van der Waals surface area contributed by atoms with Crippen LogP contribution in [-0.2, 0) is 0 Å². The largest absolute Gasteiger partial charge is 0.380 e. The lowest BCUT2D eigenvalue weighted by atomic mass is 10.0. The molecule has 20 heavy (non-hydrogen) atoms. The Bertz CT molecular complexity index is 762. The lowest BCUT2D eigenvalue weighted by Crippen LogP contribution is -1.90. The van der Waals surface area contributed by atoms with Crippen molar-refractivity contribution in [3.05, 3.63) is 38.6 Å². The van der Waals surface area contributed by atoms with E-state index in [0.717, 1.165) is 5.01 Å². The second kappa shape index (κ2) is 5.09. The molecule has 0 aliphatic rings. The predicted molar refractivity (Wildman–Crippen MR) is 82.2 cm³/mol. The van der Waals surface area contributed by atoms with Crippen molar-refractivity contribution in [1.29, 1.82) is 0 Å². The Morgan fingerprint density at radius 3 is 2.50 bits per heavy atom. The standard InChI is InChI=1S/C13H9Cl2N3OS/c1-6-17-9(5-20-6)12-11(13(16)18-19-12)10-7(14)3-2-4-8(10)15/h2-5H,1H3,(H2,16,18). The van der Waals surface area contributed by atoms with Gasteiger partial charge in [-0.1, -0.05) is 34.4 Å². The normalized spacial score (nSPS) is 10.9. The number of thiazole rings is 1. The summed E-state index contributed by atoms with van der Waals surface area (Å²) in [6.45, 7) is 1.91. The molecule has 0 unspecified atom stereocenters. The quantitative estimate of drug-likeness (QED) is 0.744. The highest BCUT2D eigenvalue weighted by atomic mass is 35.5. The fraction of sp³-hybridized carbons (Fsp3) is 0.0769. The van der Waals surface area contributed by atoms with Gasteiger partial charge < -0.3 is 10.3 Å². The van der Waals surface area contributed by atoms with Crippen LogP contribution in [0.1, 0.15) is 5.01 Å². The monoisotopic (exact) mass is 325 g/mol. The second-order valence-electron chi connectivity index (χ2n) is 4.12. The Kier molecular flexibility index (Phi) is 3.41. The summed E-state index contributed by atoms with van der Waals surface area (Å²) in [6.07, 6.45) is 0. The summed E-state index contributed by atoms with van der Waals surface area (Å²) in [6, 6.07) is 5.25. The van der Waals surface area contributed by atoms with E-state index in [-0.39, 0.29) is 5.82 Å². The summed E-state index contributed by atoms with van der Waals surface area (Å²) < 4.78 is 5.31. The van der Waals surface area contributed by atoms with Crippen LogP contribution in [-0.4, -0.2) is 10.1 Å². The Labute approximate surface area is 129 Å². The molecule has 4 nitrogen and oxygen atoms in total. The third-order valence-corrected chi connectivity index (χ3v) is 4.19. The Balaban J connectivity index is 2.27. The van der Waals surface area contributed by atoms with E-state index in [9.17, 15) is 0 Å². The van der Waals surface area contributed by atoms with E-state index in [1.54, 1.807) is 18.2 Å². The summed E-state index contributed by atoms with van der Waals surface area (Å²) in [7, 11) is 0. The van der Waals surface area contributed by atoms with Gasteiger partial charge in [-0.2, -0.15) is 0 Å². The van der Waals surface area contributed by atoms with E-state index in [4.69, 9.17) is 33.5 Å². The number of aryl methyl sites for hydroxylation is 1. The number of nitrogens with zero attached hydrogens (tertiary/aromatic N) is 2. The van der Waals surface area contributed by atoms with Crippen LogP contribution in [0, 0.1) is 6.92 Å². The zero-order chi connectivity index (χ0) is 14.3. The molecule has 0 atom stereocenters. The molecule has 2 aromatic heterocycles. The first-order valence-corrected chi connectivity index (χ1v) is 7.33. The van der Waals surface area contributed by atoms with Crippen molar-refractivity contribution in [2.24, 2.45) is 0 Å². The average molecular weight is 326 g/mol. The number of hydrogen-bond donors (Lipinski definition) is 1. The van der Waals surface area contributed by atoms with Gasteiger partial charge in [-0.15, -0.1) is 11.3 Å². The molecule has 3 aromatic rings. The lowest BCUT2D eigenvalue weighted by molar-refractivity contribution is 0.435. The van der Waals surface area contributed by atoms with Crippen molar-refractivity contribution in [2.45, 2.75) is 6.92 Å². The SMILES string of the molecule is Cc1nc(-c2onc(N)c2-c2c(Cl)cccc2Cl)cs1. The summed E-state index contributed by atoms with van der Waals surface area (Å²) >= 11 is 14.0. The number of rotatable bonds is 2. The summed E-state index contributed by atoms with van der Waals surface area (Å²) in [5.41, 5.74) is 7.76. The van der Waals surface area contributed by atoms with Crippen LogP contribution in [0.25, 0.3) is 22.6 Å². The molecule has 0 saturated carbocycles. The van der Waals surface area contributed by atoms with Crippen molar-refractivity contribution in [3.8, 4) is 22.6 Å². The predicted octanol–water partition coefficient (Wildman–Crippen LogP) is 4.66. The van der Waals surface area contributed by atoms with Gasteiger partial charge >= 0.3 is 0 Å². The first-order chi connectivity index (χ1) is 9.58. The summed E-state index contributed by atoms with van der Waals surface area (Å²) in [5.74, 6) is 0.711. The van der Waals surface area contributed by atoms with Crippen LogP contribution < -0.4 is 5.73 Å². The van der Waals surface area contributed by atoms with Crippen molar-refractivity contribution in [3.63, 3.8) is 0 Å². The van der Waals surface area contributed by atoms with Gasteiger partial charge in [0.1, 0.15) is 5.69 Å². The highest BCUT2D eigenvalue weighted by Gasteiger charge is 2.23. The lowest BCUT2D eigenvalue weighted by Gasteiger charge is -2.06. The molecule has 0 spiro atoms. The Hall–Kier alpha value is -1.56. The zero-order valence-corrected chi connectivity index (χ0v) is 12.7. The van der Waals surface area contributed by atoms with E-state index in [0.29, 0.717) is 32.6 Å². The molecule has 0 amide bonds. The number of nitrogens with two attached hydrogens (primary N) is 1. The van der Waals surface area contributed by atoms with Crippen molar-refractivity contribution >= 4 is 40.4 Å². The van der Waals surface area contributed by atoms with Gasteiger partial charge in [0.25, 0.3) is 0 Å². The first kappa shape index (κ1) is 13.4. The Morgan fingerprint density at radius 2 is 1.90 bits per heavy atom. The van der Waals surface area contributed by atoms with E-state index in [1.165, 1.54) is 11.3 Å². The third-order valence-electron chi connectivity index (χ3n) is 2.78. The van der Waals surface area contributed by atoms with Crippen LogP contribution in [0.3, 0.4) is 0 Å². The minimum Gasteiger partial charge on any atom is -0.380 e. The molecule has 0 bridgehead atoms. The summed E-state index contributed by atoms with van der Waals surface area (Å²) in [5, 5.41) is 7.59. The van der Waals surface area contributed by atoms with Gasteiger partial charge in [0.05, 0.1) is 20.6 Å². The number of aromatic nitrogens is 2. The van der Waals surface area contributed by atoms with Crippen LogP contribution in [0.2, 0.25) is 10.0 Å². The van der Waals surface area contributed by atoms with Gasteiger partial charge in [-0.3, -0.25) is 0 Å². The van der Waals surface area contributed by atoms with Crippen LogP contribution >= 0.6 is 34.5 Å². The molecule has 0 aliphatic heterocycles. The number of hydrogen-bond acceptors (Lipinski definition) is 5. The maximum absolute atomic E-state index is 6.23. The van der Waals surface area contributed by atoms with Gasteiger partial charge in [-0.05, 0) is 19.1 Å². The van der Waals surface area contributed by atoms with Gasteiger partial charge in [0, 0.05) is 10.9 Å². The van der Waals surface area contributed by atoms with Crippen molar-refractivity contribution in [2.75, 3.05) is 5.73 Å². The van der Waals surface area contributed by atoms with Gasteiger partial charge in [-0.25, -0.2) is 4.98 Å². The molecule has 0 aliphatic carbocycles. The topological polar surface area (TPSA) is 64.9 Å². The fourth-order valence-corrected chi connectivity index (χ4v) is 3.10. The molecule has 0 saturated heterocycles. The molecular weight excluding hydrogens is 317 g/mol. The number of nitrogen functional groups attached to an aromatic ring is 1. The highest BCUT2D eigenvalue weighted by Crippen LogP contribution is 2.43. The van der Waals surface area contributed by atoms with Crippen molar-refractivity contribution in [1.82, 2.24) is 10.1 Å². The first-order valence-electron chi connectivity index (χ1n) is 5.70.